The maximum Gasteiger partial charge on any atom is 0.328 e. The van der Waals surface area contributed by atoms with Gasteiger partial charge in [-0.3, -0.25) is 0 Å². The first-order chi connectivity index (χ1) is 6.63. The van der Waals surface area contributed by atoms with Crippen LogP contribution < -0.4 is 0 Å². The SMILES string of the molecule is CCCC1C/C(=C\C(=O)O)CCN1C. The van der Waals surface area contributed by atoms with Crippen LogP contribution in [0.15, 0.2) is 11.6 Å². The number of hydrogen-bond donors (Lipinski definition) is 1. The molecular weight excluding hydrogens is 178 g/mol. The number of aliphatic carboxylic acids is 1. The van der Waals surface area contributed by atoms with Crippen molar-refractivity contribution in [3.05, 3.63) is 11.6 Å². The molecule has 80 valence electrons. The van der Waals surface area contributed by atoms with Gasteiger partial charge in [0, 0.05) is 18.7 Å². The van der Waals surface area contributed by atoms with Crippen molar-refractivity contribution in [1.82, 2.24) is 4.90 Å². The predicted octanol–water partition coefficient (Wildman–Crippen LogP) is 1.89. The highest BCUT2D eigenvalue weighted by Crippen LogP contribution is 2.23. The minimum absolute atomic E-state index is 0.541. The second-order valence-electron chi connectivity index (χ2n) is 4.02. The minimum Gasteiger partial charge on any atom is -0.478 e. The summed E-state index contributed by atoms with van der Waals surface area (Å²) in [5.74, 6) is -0.806. The molecule has 1 aliphatic heterocycles. The van der Waals surface area contributed by atoms with E-state index in [0.29, 0.717) is 6.04 Å². The molecule has 1 aliphatic rings. The summed E-state index contributed by atoms with van der Waals surface area (Å²) in [5.41, 5.74) is 1.09. The summed E-state index contributed by atoms with van der Waals surface area (Å²) in [6.07, 6.45) is 5.54. The van der Waals surface area contributed by atoms with Crippen molar-refractivity contribution in [2.45, 2.75) is 38.6 Å². The fraction of sp³-hybridized carbons (Fsp3) is 0.727. The zero-order chi connectivity index (χ0) is 10.6. The number of rotatable bonds is 3. The fourth-order valence-electron chi connectivity index (χ4n) is 2.02. The Morgan fingerprint density at radius 1 is 1.71 bits per heavy atom. The third-order valence-corrected chi connectivity index (χ3v) is 2.86. The lowest BCUT2D eigenvalue weighted by Gasteiger charge is -2.33. The van der Waals surface area contributed by atoms with Gasteiger partial charge < -0.3 is 10.0 Å². The molecule has 1 fully saturated rings. The highest BCUT2D eigenvalue weighted by atomic mass is 16.4. The van der Waals surface area contributed by atoms with Crippen LogP contribution in [0.25, 0.3) is 0 Å². The van der Waals surface area contributed by atoms with Gasteiger partial charge in [-0.2, -0.15) is 0 Å². The molecule has 1 heterocycles. The normalized spacial score (nSPS) is 26.7. The number of likely N-dealkylation sites (tertiary alicyclic amines) is 1. The average molecular weight is 197 g/mol. The first kappa shape index (κ1) is 11.2. The fourth-order valence-corrected chi connectivity index (χ4v) is 2.02. The minimum atomic E-state index is -0.806. The van der Waals surface area contributed by atoms with E-state index in [1.165, 1.54) is 6.08 Å². The van der Waals surface area contributed by atoms with Crippen LogP contribution in [0, 0.1) is 0 Å². The summed E-state index contributed by atoms with van der Waals surface area (Å²) in [7, 11) is 2.12. The first-order valence-electron chi connectivity index (χ1n) is 5.26. The molecule has 0 aromatic carbocycles. The standard InChI is InChI=1S/C11H19NO2/c1-3-4-10-7-9(8-11(13)14)5-6-12(10)2/h8,10H,3-7H2,1-2H3,(H,13,14)/b9-8-. The smallest absolute Gasteiger partial charge is 0.328 e. The Bertz CT molecular complexity index is 235. The van der Waals surface area contributed by atoms with E-state index in [1.54, 1.807) is 0 Å². The molecule has 0 aromatic rings. The monoisotopic (exact) mass is 197 g/mol. The Labute approximate surface area is 85.4 Å². The van der Waals surface area contributed by atoms with Crippen LogP contribution in [0.4, 0.5) is 0 Å². The molecule has 3 heteroatoms. The van der Waals surface area contributed by atoms with Crippen molar-refractivity contribution in [3.63, 3.8) is 0 Å². The molecule has 1 rings (SSSR count). The molecule has 3 nitrogen and oxygen atoms in total. The van der Waals surface area contributed by atoms with Gasteiger partial charge in [0.1, 0.15) is 0 Å². The number of hydrogen-bond acceptors (Lipinski definition) is 2. The van der Waals surface area contributed by atoms with E-state index in [-0.39, 0.29) is 0 Å². The van der Waals surface area contributed by atoms with Crippen LogP contribution in [0.3, 0.4) is 0 Å². The van der Waals surface area contributed by atoms with Gasteiger partial charge in [-0.25, -0.2) is 4.79 Å². The number of carboxylic acids is 1. The third kappa shape index (κ3) is 3.14. The van der Waals surface area contributed by atoms with Gasteiger partial charge in [-0.1, -0.05) is 18.9 Å². The second-order valence-corrected chi connectivity index (χ2v) is 4.02. The van der Waals surface area contributed by atoms with E-state index in [2.05, 4.69) is 18.9 Å². The van der Waals surface area contributed by atoms with Gasteiger partial charge in [0.2, 0.25) is 0 Å². The van der Waals surface area contributed by atoms with E-state index in [1.807, 2.05) is 0 Å². The molecule has 0 amide bonds. The molecule has 1 N–H and O–H groups in total. The highest BCUT2D eigenvalue weighted by Gasteiger charge is 2.21. The van der Waals surface area contributed by atoms with Crippen LogP contribution in [-0.2, 0) is 4.79 Å². The maximum atomic E-state index is 10.5. The summed E-state index contributed by atoms with van der Waals surface area (Å²) >= 11 is 0. The highest BCUT2D eigenvalue weighted by molar-refractivity contribution is 5.80. The lowest BCUT2D eigenvalue weighted by atomic mass is 9.94. The number of carbonyl (C=O) groups is 1. The van der Waals surface area contributed by atoms with Crippen LogP contribution >= 0.6 is 0 Å². The third-order valence-electron chi connectivity index (χ3n) is 2.86. The van der Waals surface area contributed by atoms with E-state index >= 15 is 0 Å². The van der Waals surface area contributed by atoms with E-state index in [9.17, 15) is 4.79 Å². The van der Waals surface area contributed by atoms with Crippen molar-refractivity contribution < 1.29 is 9.90 Å². The predicted molar refractivity (Wildman–Crippen MR) is 56.3 cm³/mol. The summed E-state index contributed by atoms with van der Waals surface area (Å²) in [5, 5.41) is 8.66. The van der Waals surface area contributed by atoms with Crippen molar-refractivity contribution in [2.24, 2.45) is 0 Å². The Morgan fingerprint density at radius 3 is 3.00 bits per heavy atom. The Hall–Kier alpha value is -0.830. The Morgan fingerprint density at radius 2 is 2.43 bits per heavy atom. The maximum absolute atomic E-state index is 10.5. The largest absolute Gasteiger partial charge is 0.478 e. The molecule has 0 spiro atoms. The number of nitrogens with zero attached hydrogens (tertiary/aromatic N) is 1. The molecule has 14 heavy (non-hydrogen) atoms. The molecule has 0 aliphatic carbocycles. The molecule has 0 saturated carbocycles. The topological polar surface area (TPSA) is 40.5 Å². The van der Waals surface area contributed by atoms with Crippen LogP contribution in [-0.4, -0.2) is 35.6 Å². The molecular formula is C11H19NO2. The van der Waals surface area contributed by atoms with Gasteiger partial charge in [-0.15, -0.1) is 0 Å². The van der Waals surface area contributed by atoms with Crippen molar-refractivity contribution >= 4 is 5.97 Å². The number of piperidine rings is 1. The van der Waals surface area contributed by atoms with Crippen LogP contribution in [0.1, 0.15) is 32.6 Å². The van der Waals surface area contributed by atoms with Crippen LogP contribution in [0.5, 0.6) is 0 Å². The lowest BCUT2D eigenvalue weighted by molar-refractivity contribution is -0.131. The Kier molecular flexibility index (Phi) is 4.14. The second kappa shape index (κ2) is 5.15. The first-order valence-corrected chi connectivity index (χ1v) is 5.26. The van der Waals surface area contributed by atoms with Gasteiger partial charge in [0.15, 0.2) is 0 Å². The quantitative estimate of drug-likeness (QED) is 0.702. The zero-order valence-corrected chi connectivity index (χ0v) is 8.99. The van der Waals surface area contributed by atoms with Crippen molar-refractivity contribution in [2.75, 3.05) is 13.6 Å². The summed E-state index contributed by atoms with van der Waals surface area (Å²) in [4.78, 5) is 12.9. The van der Waals surface area contributed by atoms with Gasteiger partial charge in [-0.05, 0) is 26.3 Å². The number of carboxylic acid groups (broad SMARTS) is 1. The average Bonchev–Trinajstić information content (AvgIpc) is 2.10. The van der Waals surface area contributed by atoms with Gasteiger partial charge in [0.05, 0.1) is 0 Å². The van der Waals surface area contributed by atoms with E-state index < -0.39 is 5.97 Å². The Balaban J connectivity index is 2.57. The summed E-state index contributed by atoms with van der Waals surface area (Å²) in [6, 6.07) is 0.541. The summed E-state index contributed by atoms with van der Waals surface area (Å²) in [6.45, 7) is 3.16. The molecule has 0 radical (unpaired) electrons. The molecule has 1 unspecified atom stereocenters. The van der Waals surface area contributed by atoms with E-state index in [0.717, 1.165) is 37.8 Å². The van der Waals surface area contributed by atoms with Crippen molar-refractivity contribution in [3.8, 4) is 0 Å². The molecule has 0 bridgehead atoms. The summed E-state index contributed by atoms with van der Waals surface area (Å²) < 4.78 is 0. The van der Waals surface area contributed by atoms with E-state index in [4.69, 9.17) is 5.11 Å². The van der Waals surface area contributed by atoms with Crippen LogP contribution in [0.2, 0.25) is 0 Å². The molecule has 1 atom stereocenters. The van der Waals surface area contributed by atoms with Gasteiger partial charge >= 0.3 is 5.97 Å². The zero-order valence-electron chi connectivity index (χ0n) is 8.99. The molecule has 0 aromatic heterocycles. The molecule has 1 saturated heterocycles. The lowest BCUT2D eigenvalue weighted by Crippen LogP contribution is -2.37. The van der Waals surface area contributed by atoms with Crippen molar-refractivity contribution in [1.29, 1.82) is 0 Å². The van der Waals surface area contributed by atoms with Gasteiger partial charge in [0.25, 0.3) is 0 Å².